The lowest BCUT2D eigenvalue weighted by Crippen LogP contribution is -2.22. The molecular formula is C11H8ClN2O2-. The van der Waals surface area contributed by atoms with Gasteiger partial charge in [0.2, 0.25) is 0 Å². The molecule has 82 valence electrons. The highest BCUT2D eigenvalue weighted by molar-refractivity contribution is 6.30. The first-order valence-corrected chi connectivity index (χ1v) is 4.99. The Morgan fingerprint density at radius 1 is 1.38 bits per heavy atom. The van der Waals surface area contributed by atoms with Crippen LogP contribution in [-0.4, -0.2) is 15.7 Å². The van der Waals surface area contributed by atoms with Crippen LogP contribution in [0.2, 0.25) is 5.02 Å². The number of aromatic nitrogens is 2. The predicted octanol–water partition coefficient (Wildman–Crippen LogP) is 1.20. The van der Waals surface area contributed by atoms with Crippen molar-refractivity contribution >= 4 is 17.6 Å². The number of carbonyl (C=O) groups is 1. The number of carboxylic acids is 1. The lowest BCUT2D eigenvalue weighted by Gasteiger charge is -2.05. The van der Waals surface area contributed by atoms with E-state index >= 15 is 0 Å². The van der Waals surface area contributed by atoms with Gasteiger partial charge >= 0.3 is 0 Å². The molecule has 0 N–H and O–H groups in total. The quantitative estimate of drug-likeness (QED) is 0.786. The summed E-state index contributed by atoms with van der Waals surface area (Å²) in [4.78, 5) is 10.7. The second kappa shape index (κ2) is 3.98. The van der Waals surface area contributed by atoms with Crippen molar-refractivity contribution in [3.63, 3.8) is 0 Å². The number of carboxylic acid groups (broad SMARTS) is 1. The maximum Gasteiger partial charge on any atom is 0.0749 e. The van der Waals surface area contributed by atoms with E-state index in [-0.39, 0.29) is 5.56 Å². The third kappa shape index (κ3) is 1.79. The zero-order valence-electron chi connectivity index (χ0n) is 8.48. The summed E-state index contributed by atoms with van der Waals surface area (Å²) in [5.41, 5.74) is 1.38. The average molecular weight is 236 g/mol. The van der Waals surface area contributed by atoms with Crippen LogP contribution in [0.15, 0.2) is 30.5 Å². The molecule has 2 rings (SSSR count). The molecule has 0 atom stereocenters. The summed E-state index contributed by atoms with van der Waals surface area (Å²) in [6, 6.07) is 6.97. The molecule has 2 aromatic rings. The number of carbonyl (C=O) groups excluding carboxylic acids is 1. The molecule has 4 nitrogen and oxygen atoms in total. The molecule has 1 heterocycles. The number of rotatable bonds is 2. The van der Waals surface area contributed by atoms with Crippen molar-refractivity contribution in [2.24, 2.45) is 0 Å². The Morgan fingerprint density at radius 3 is 2.50 bits per heavy atom. The highest BCUT2D eigenvalue weighted by atomic mass is 35.5. The molecule has 1 aromatic carbocycles. The average Bonchev–Trinajstić information content (AvgIpc) is 2.61. The number of nitrogens with zero attached hydrogens (tertiary/aromatic N) is 2. The molecule has 0 saturated heterocycles. The predicted molar refractivity (Wildman–Crippen MR) is 57.6 cm³/mol. The van der Waals surface area contributed by atoms with Crippen LogP contribution in [0.5, 0.6) is 0 Å². The van der Waals surface area contributed by atoms with E-state index in [2.05, 4.69) is 5.10 Å². The zero-order valence-corrected chi connectivity index (χ0v) is 9.23. The molecule has 0 amide bonds. The van der Waals surface area contributed by atoms with E-state index in [1.165, 1.54) is 10.9 Å². The molecule has 1 aromatic heterocycles. The minimum absolute atomic E-state index is 0.0925. The smallest absolute Gasteiger partial charge is 0.0749 e. The van der Waals surface area contributed by atoms with Crippen molar-refractivity contribution in [3.8, 4) is 5.69 Å². The van der Waals surface area contributed by atoms with Crippen LogP contribution in [0.25, 0.3) is 5.69 Å². The van der Waals surface area contributed by atoms with Crippen LogP contribution in [0.4, 0.5) is 0 Å². The lowest BCUT2D eigenvalue weighted by molar-refractivity contribution is -0.255. The molecule has 0 aliphatic rings. The van der Waals surface area contributed by atoms with Gasteiger partial charge in [-0.05, 0) is 31.2 Å². The van der Waals surface area contributed by atoms with Gasteiger partial charge in [-0.1, -0.05) is 11.6 Å². The standard InChI is InChI=1S/C11H9ClN2O2/c1-7-10(11(15)16)6-13-14(7)9-4-2-8(12)3-5-9/h2-6H,1H3,(H,15,16)/p-1. The van der Waals surface area contributed by atoms with Crippen LogP contribution in [0, 0.1) is 6.92 Å². The van der Waals surface area contributed by atoms with E-state index in [0.29, 0.717) is 10.7 Å². The van der Waals surface area contributed by atoms with Crippen molar-refractivity contribution in [2.45, 2.75) is 6.92 Å². The molecule has 0 fully saturated rings. The van der Waals surface area contributed by atoms with Crippen LogP contribution >= 0.6 is 11.6 Å². The Balaban J connectivity index is 2.49. The second-order valence-electron chi connectivity index (χ2n) is 3.32. The minimum atomic E-state index is -1.22. The van der Waals surface area contributed by atoms with Gasteiger partial charge in [0.1, 0.15) is 0 Å². The third-order valence-corrected chi connectivity index (χ3v) is 2.55. The molecule has 0 bridgehead atoms. The highest BCUT2D eigenvalue weighted by Gasteiger charge is 2.08. The first-order chi connectivity index (χ1) is 7.59. The number of halogens is 1. The second-order valence-corrected chi connectivity index (χ2v) is 3.76. The number of benzene rings is 1. The van der Waals surface area contributed by atoms with E-state index in [0.717, 1.165) is 5.69 Å². The van der Waals surface area contributed by atoms with Crippen molar-refractivity contribution in [3.05, 3.63) is 46.7 Å². The third-order valence-electron chi connectivity index (χ3n) is 2.30. The summed E-state index contributed by atoms with van der Waals surface area (Å²) >= 11 is 5.76. The number of hydrogen-bond donors (Lipinski definition) is 0. The Hall–Kier alpha value is -1.81. The Labute approximate surface area is 97.1 Å². The minimum Gasteiger partial charge on any atom is -0.545 e. The molecule has 16 heavy (non-hydrogen) atoms. The summed E-state index contributed by atoms with van der Waals surface area (Å²) in [6.07, 6.45) is 1.28. The largest absolute Gasteiger partial charge is 0.545 e. The van der Waals surface area contributed by atoms with Gasteiger partial charge in [0, 0.05) is 10.6 Å². The maximum atomic E-state index is 10.7. The monoisotopic (exact) mass is 235 g/mol. The van der Waals surface area contributed by atoms with E-state index in [1.807, 2.05) is 0 Å². The van der Waals surface area contributed by atoms with Crippen molar-refractivity contribution in [1.29, 1.82) is 0 Å². The van der Waals surface area contributed by atoms with Gasteiger partial charge in [-0.3, -0.25) is 0 Å². The maximum absolute atomic E-state index is 10.7. The van der Waals surface area contributed by atoms with Gasteiger partial charge in [0.05, 0.1) is 23.5 Å². The first kappa shape index (κ1) is 10.7. The van der Waals surface area contributed by atoms with Crippen LogP contribution in [-0.2, 0) is 0 Å². The summed E-state index contributed by atoms with van der Waals surface area (Å²) in [5.74, 6) is -1.22. The normalized spacial score (nSPS) is 10.4. The SMILES string of the molecule is Cc1c(C(=O)[O-])cnn1-c1ccc(Cl)cc1. The van der Waals surface area contributed by atoms with Crippen LogP contribution < -0.4 is 5.11 Å². The lowest BCUT2D eigenvalue weighted by atomic mass is 10.2. The molecular weight excluding hydrogens is 228 g/mol. The van der Waals surface area contributed by atoms with E-state index in [9.17, 15) is 9.90 Å². The molecule has 0 radical (unpaired) electrons. The van der Waals surface area contributed by atoms with Gasteiger partial charge in [-0.25, -0.2) is 4.68 Å². The van der Waals surface area contributed by atoms with Gasteiger partial charge < -0.3 is 9.90 Å². The van der Waals surface area contributed by atoms with E-state index in [4.69, 9.17) is 11.6 Å². The summed E-state index contributed by atoms with van der Waals surface area (Å²) in [6.45, 7) is 1.67. The van der Waals surface area contributed by atoms with Gasteiger partial charge in [0.25, 0.3) is 0 Å². The molecule has 0 spiro atoms. The first-order valence-electron chi connectivity index (χ1n) is 4.61. The molecule has 0 aliphatic carbocycles. The van der Waals surface area contributed by atoms with Gasteiger partial charge in [0.15, 0.2) is 0 Å². The van der Waals surface area contributed by atoms with Crippen molar-refractivity contribution in [2.75, 3.05) is 0 Å². The summed E-state index contributed by atoms with van der Waals surface area (Å²) in [7, 11) is 0. The molecule has 0 aliphatic heterocycles. The fraction of sp³-hybridized carbons (Fsp3) is 0.0909. The summed E-state index contributed by atoms with van der Waals surface area (Å²) in [5, 5.41) is 15.3. The Morgan fingerprint density at radius 2 is 2.00 bits per heavy atom. The number of aromatic carboxylic acids is 1. The zero-order chi connectivity index (χ0) is 11.7. The molecule has 5 heteroatoms. The van der Waals surface area contributed by atoms with Crippen molar-refractivity contribution in [1.82, 2.24) is 9.78 Å². The van der Waals surface area contributed by atoms with E-state index < -0.39 is 5.97 Å². The van der Waals surface area contributed by atoms with Crippen LogP contribution in [0.1, 0.15) is 16.1 Å². The molecule has 0 unspecified atom stereocenters. The van der Waals surface area contributed by atoms with Gasteiger partial charge in [-0.2, -0.15) is 5.10 Å². The van der Waals surface area contributed by atoms with E-state index in [1.54, 1.807) is 31.2 Å². The van der Waals surface area contributed by atoms with Crippen molar-refractivity contribution < 1.29 is 9.90 Å². The highest BCUT2D eigenvalue weighted by Crippen LogP contribution is 2.16. The Bertz CT molecular complexity index is 531. The topological polar surface area (TPSA) is 57.9 Å². The Kier molecular flexibility index (Phi) is 2.66. The summed E-state index contributed by atoms with van der Waals surface area (Å²) < 4.78 is 1.53. The fourth-order valence-corrected chi connectivity index (χ4v) is 1.58. The van der Waals surface area contributed by atoms with Gasteiger partial charge in [-0.15, -0.1) is 0 Å². The van der Waals surface area contributed by atoms with Crippen LogP contribution in [0.3, 0.4) is 0 Å². The fourth-order valence-electron chi connectivity index (χ4n) is 1.45. The number of hydrogen-bond acceptors (Lipinski definition) is 3. The molecule has 0 saturated carbocycles.